The van der Waals surface area contributed by atoms with E-state index in [4.69, 9.17) is 0 Å². The van der Waals surface area contributed by atoms with Gasteiger partial charge in [0.2, 0.25) is 0 Å². The first kappa shape index (κ1) is 18.0. The average molecular weight is 381 g/mol. The normalized spacial score (nSPS) is 15.0. The van der Waals surface area contributed by atoms with Crippen molar-refractivity contribution < 1.29 is 4.79 Å². The van der Waals surface area contributed by atoms with Crippen LogP contribution in [0.4, 0.5) is 10.5 Å². The minimum atomic E-state index is -0.205. The van der Waals surface area contributed by atoms with Gasteiger partial charge in [-0.3, -0.25) is 4.57 Å². The largest absolute Gasteiger partial charge is 0.343 e. The minimum Gasteiger partial charge on any atom is -0.324 e. The maximum absolute atomic E-state index is 12.7. The summed E-state index contributed by atoms with van der Waals surface area (Å²) in [6.45, 7) is 3.21. The van der Waals surface area contributed by atoms with E-state index in [1.165, 1.54) is 6.33 Å². The fourth-order valence-electron chi connectivity index (χ4n) is 3.67. The third kappa shape index (κ3) is 3.42. The first-order chi connectivity index (χ1) is 13.7. The first-order valence-electron chi connectivity index (χ1n) is 9.47. The van der Waals surface area contributed by atoms with Crippen LogP contribution in [0, 0.1) is 0 Å². The molecule has 9 nitrogen and oxygen atoms in total. The van der Waals surface area contributed by atoms with E-state index in [0.717, 1.165) is 36.3 Å². The van der Waals surface area contributed by atoms with Gasteiger partial charge in [0.05, 0.1) is 23.3 Å². The number of nitrogens with one attached hydrogen (secondary N) is 2. The number of aromatic nitrogens is 5. The summed E-state index contributed by atoms with van der Waals surface area (Å²) in [7, 11) is 0. The van der Waals surface area contributed by atoms with Crippen molar-refractivity contribution >= 4 is 11.7 Å². The van der Waals surface area contributed by atoms with Gasteiger partial charge in [-0.05, 0) is 31.4 Å². The number of amides is 2. The van der Waals surface area contributed by atoms with E-state index in [1.807, 2.05) is 41.9 Å². The quantitative estimate of drug-likeness (QED) is 0.723. The number of likely N-dealkylation sites (tertiary alicyclic amines) is 1. The molecule has 4 rings (SSSR count). The molecule has 0 atom stereocenters. The molecule has 1 aromatic carbocycles. The Labute approximate surface area is 162 Å². The Morgan fingerprint density at radius 3 is 2.64 bits per heavy atom. The van der Waals surface area contributed by atoms with Crippen molar-refractivity contribution in [2.24, 2.45) is 0 Å². The van der Waals surface area contributed by atoms with Crippen LogP contribution in [0.15, 0.2) is 47.7 Å². The van der Waals surface area contributed by atoms with E-state index >= 15 is 0 Å². The summed E-state index contributed by atoms with van der Waals surface area (Å²) in [6.07, 6.45) is 5.40. The Morgan fingerprint density at radius 1 is 1.25 bits per heavy atom. The molecule has 0 spiro atoms. The summed E-state index contributed by atoms with van der Waals surface area (Å²) in [5.41, 5.74) is 2.44. The van der Waals surface area contributed by atoms with Gasteiger partial charge in [0, 0.05) is 19.1 Å². The fourth-order valence-corrected chi connectivity index (χ4v) is 3.67. The molecule has 0 aliphatic carbocycles. The molecule has 0 unspecified atom stereocenters. The predicted molar refractivity (Wildman–Crippen MR) is 105 cm³/mol. The lowest BCUT2D eigenvalue weighted by atomic mass is 10.1. The third-order valence-electron chi connectivity index (χ3n) is 5.17. The van der Waals surface area contributed by atoms with Gasteiger partial charge in [-0.15, -0.1) is 0 Å². The molecule has 28 heavy (non-hydrogen) atoms. The van der Waals surface area contributed by atoms with Crippen LogP contribution in [0.1, 0.15) is 31.5 Å². The maximum atomic E-state index is 12.7. The summed E-state index contributed by atoms with van der Waals surface area (Å²) >= 11 is 0. The number of piperidine rings is 1. The number of nitrogens with zero attached hydrogens (tertiary/aromatic N) is 5. The van der Waals surface area contributed by atoms with Crippen LogP contribution in [0.3, 0.4) is 0 Å². The molecular formula is C19H23N7O2. The number of para-hydroxylation sites is 1. The molecule has 9 heteroatoms. The highest BCUT2D eigenvalue weighted by molar-refractivity contribution is 5.90. The molecule has 3 aromatic rings. The Kier molecular flexibility index (Phi) is 4.96. The monoisotopic (exact) mass is 381 g/mol. The van der Waals surface area contributed by atoms with E-state index in [0.29, 0.717) is 13.1 Å². The molecule has 2 aromatic heterocycles. The average Bonchev–Trinajstić information content (AvgIpc) is 3.34. The van der Waals surface area contributed by atoms with Crippen molar-refractivity contribution in [3.8, 4) is 5.69 Å². The van der Waals surface area contributed by atoms with Crippen LogP contribution in [-0.4, -0.2) is 48.6 Å². The van der Waals surface area contributed by atoms with E-state index < -0.39 is 0 Å². The summed E-state index contributed by atoms with van der Waals surface area (Å²) in [5.74, 6) is 0. The summed E-state index contributed by atoms with van der Waals surface area (Å²) < 4.78 is 3.46. The van der Waals surface area contributed by atoms with Crippen molar-refractivity contribution in [1.82, 2.24) is 29.4 Å². The molecule has 0 saturated carbocycles. The molecule has 146 valence electrons. The third-order valence-corrected chi connectivity index (χ3v) is 5.17. The molecule has 0 radical (unpaired) electrons. The smallest absolute Gasteiger partial charge is 0.324 e. The van der Waals surface area contributed by atoms with Gasteiger partial charge >= 0.3 is 11.7 Å². The van der Waals surface area contributed by atoms with E-state index in [9.17, 15) is 9.59 Å². The van der Waals surface area contributed by atoms with Crippen molar-refractivity contribution in [2.45, 2.75) is 32.2 Å². The molecule has 3 heterocycles. The lowest BCUT2D eigenvalue weighted by Crippen LogP contribution is -2.42. The number of carbonyl (C=O) groups excluding carboxylic acids is 1. The summed E-state index contributed by atoms with van der Waals surface area (Å²) in [6, 6.07) is 9.79. The zero-order chi connectivity index (χ0) is 19.5. The molecule has 2 N–H and O–H groups in total. The number of rotatable bonds is 4. The number of urea groups is 1. The predicted octanol–water partition coefficient (Wildman–Crippen LogP) is 2.19. The molecule has 1 saturated heterocycles. The molecule has 1 aliphatic heterocycles. The van der Waals surface area contributed by atoms with Gasteiger partial charge in [0.1, 0.15) is 6.33 Å². The number of hydrogen-bond acceptors (Lipinski definition) is 4. The number of benzene rings is 1. The van der Waals surface area contributed by atoms with Crippen LogP contribution >= 0.6 is 0 Å². The van der Waals surface area contributed by atoms with Gasteiger partial charge in [0.15, 0.2) is 0 Å². The van der Waals surface area contributed by atoms with Crippen molar-refractivity contribution in [3.63, 3.8) is 0 Å². The second-order valence-corrected chi connectivity index (χ2v) is 6.82. The molecule has 0 bridgehead atoms. The standard InChI is InChI=1S/C19H23N7O2/c1-2-17-16(12-21-26(17)15-6-4-3-5-7-15)22-18(27)24-10-8-14(9-11-24)25-13-20-23-19(25)28/h3-7,12-14H,2,8-11H2,1H3,(H,22,27)(H,23,28). The van der Waals surface area contributed by atoms with Gasteiger partial charge < -0.3 is 10.2 Å². The summed E-state index contributed by atoms with van der Waals surface area (Å²) in [4.78, 5) is 26.2. The topological polar surface area (TPSA) is 101 Å². The van der Waals surface area contributed by atoms with Gasteiger partial charge in [-0.1, -0.05) is 25.1 Å². The highest BCUT2D eigenvalue weighted by Crippen LogP contribution is 2.23. The van der Waals surface area contributed by atoms with Crippen LogP contribution in [0.2, 0.25) is 0 Å². The molecule has 1 aliphatic rings. The second-order valence-electron chi connectivity index (χ2n) is 6.82. The number of carbonyl (C=O) groups is 1. The highest BCUT2D eigenvalue weighted by atomic mass is 16.2. The maximum Gasteiger partial charge on any atom is 0.343 e. The Morgan fingerprint density at radius 2 is 2.00 bits per heavy atom. The summed E-state index contributed by atoms with van der Waals surface area (Å²) in [5, 5.41) is 13.6. The highest BCUT2D eigenvalue weighted by Gasteiger charge is 2.25. The van der Waals surface area contributed by atoms with E-state index in [2.05, 4.69) is 20.6 Å². The lowest BCUT2D eigenvalue weighted by molar-refractivity contribution is 0.183. The van der Waals surface area contributed by atoms with Crippen LogP contribution in [-0.2, 0) is 6.42 Å². The molecule has 1 fully saturated rings. The second kappa shape index (κ2) is 7.71. The van der Waals surface area contributed by atoms with E-state index in [1.54, 1.807) is 15.7 Å². The van der Waals surface area contributed by atoms with Gasteiger partial charge in [0.25, 0.3) is 0 Å². The minimum absolute atomic E-state index is 0.0716. The van der Waals surface area contributed by atoms with Crippen molar-refractivity contribution in [1.29, 1.82) is 0 Å². The number of hydrogen-bond donors (Lipinski definition) is 2. The number of H-pyrrole nitrogens is 1. The Hall–Kier alpha value is -3.36. The van der Waals surface area contributed by atoms with Crippen LogP contribution in [0.5, 0.6) is 0 Å². The Balaban J connectivity index is 1.43. The zero-order valence-electron chi connectivity index (χ0n) is 15.7. The number of anilines is 1. The van der Waals surface area contributed by atoms with Crippen molar-refractivity contribution in [2.75, 3.05) is 18.4 Å². The molecule has 2 amide bonds. The lowest BCUT2D eigenvalue weighted by Gasteiger charge is -2.32. The van der Waals surface area contributed by atoms with E-state index in [-0.39, 0.29) is 17.8 Å². The van der Waals surface area contributed by atoms with Gasteiger partial charge in [-0.2, -0.15) is 10.2 Å². The molecular weight excluding hydrogens is 358 g/mol. The zero-order valence-corrected chi connectivity index (χ0v) is 15.7. The van der Waals surface area contributed by atoms with Crippen LogP contribution in [0.25, 0.3) is 5.69 Å². The first-order valence-corrected chi connectivity index (χ1v) is 9.47. The van der Waals surface area contributed by atoms with Crippen molar-refractivity contribution in [3.05, 3.63) is 59.0 Å². The number of aromatic amines is 1. The van der Waals surface area contributed by atoms with Gasteiger partial charge in [-0.25, -0.2) is 19.4 Å². The van der Waals surface area contributed by atoms with Crippen LogP contribution < -0.4 is 11.0 Å². The SMILES string of the molecule is CCc1c(NC(=O)N2CCC(n3cn[nH]c3=O)CC2)cnn1-c1ccccc1. The fraction of sp³-hybridized carbons (Fsp3) is 0.368. The Bertz CT molecular complexity index is 997.